The number of nitrogens with one attached hydrogen (secondary N) is 1. The van der Waals surface area contributed by atoms with Crippen LogP contribution in [-0.2, 0) is 32.6 Å². The SMILES string of the molecule is CCNC(=O)C(Cc1ccccc1)N(Cc1ccccc1)C(=O)CN(c1ccc(Br)c(C)c1)S(C)(=O)=O. The van der Waals surface area contributed by atoms with Gasteiger partial charge in [0.05, 0.1) is 11.9 Å². The minimum absolute atomic E-state index is 0.158. The van der Waals surface area contributed by atoms with Gasteiger partial charge in [-0.3, -0.25) is 13.9 Å². The molecule has 3 aromatic carbocycles. The molecule has 0 bridgehead atoms. The number of benzene rings is 3. The molecular weight excluding hydrogens is 554 g/mol. The number of likely N-dealkylation sites (N-methyl/N-ethyl adjacent to an activating group) is 1. The lowest BCUT2D eigenvalue weighted by molar-refractivity contribution is -0.140. The fourth-order valence-electron chi connectivity index (χ4n) is 4.02. The van der Waals surface area contributed by atoms with E-state index in [0.717, 1.165) is 31.7 Å². The summed E-state index contributed by atoms with van der Waals surface area (Å²) in [7, 11) is -3.79. The number of carbonyl (C=O) groups is 2. The number of halogens is 1. The summed E-state index contributed by atoms with van der Waals surface area (Å²) in [5.41, 5.74) is 2.95. The molecule has 1 N–H and O–H groups in total. The average molecular weight is 587 g/mol. The van der Waals surface area contributed by atoms with Gasteiger partial charge in [-0.05, 0) is 48.7 Å². The zero-order chi connectivity index (χ0) is 27.0. The van der Waals surface area contributed by atoms with Crippen molar-refractivity contribution in [3.05, 3.63) is 100 Å². The van der Waals surface area contributed by atoms with Gasteiger partial charge in [-0.25, -0.2) is 8.42 Å². The number of aryl methyl sites for hydroxylation is 1. The van der Waals surface area contributed by atoms with Crippen LogP contribution in [0, 0.1) is 6.92 Å². The number of sulfonamides is 1. The summed E-state index contributed by atoms with van der Waals surface area (Å²) in [5.74, 6) is -0.761. The van der Waals surface area contributed by atoms with Crippen molar-refractivity contribution in [1.82, 2.24) is 10.2 Å². The van der Waals surface area contributed by atoms with Crippen molar-refractivity contribution in [2.75, 3.05) is 23.7 Å². The third-order valence-electron chi connectivity index (χ3n) is 5.93. The molecule has 0 aliphatic rings. The van der Waals surface area contributed by atoms with Crippen LogP contribution in [0.25, 0.3) is 0 Å². The van der Waals surface area contributed by atoms with Crippen molar-refractivity contribution >= 4 is 43.5 Å². The van der Waals surface area contributed by atoms with E-state index in [-0.39, 0.29) is 12.5 Å². The molecule has 0 saturated heterocycles. The second-order valence-corrected chi connectivity index (χ2v) is 11.6. The number of nitrogens with zero attached hydrogens (tertiary/aromatic N) is 2. The van der Waals surface area contributed by atoms with Crippen molar-refractivity contribution < 1.29 is 18.0 Å². The van der Waals surface area contributed by atoms with Crippen LogP contribution in [0.3, 0.4) is 0 Å². The van der Waals surface area contributed by atoms with Gasteiger partial charge in [-0.1, -0.05) is 76.6 Å². The lowest BCUT2D eigenvalue weighted by atomic mass is 10.0. The Morgan fingerprint density at radius 1 is 0.946 bits per heavy atom. The van der Waals surface area contributed by atoms with E-state index in [1.807, 2.05) is 74.5 Å². The monoisotopic (exact) mass is 585 g/mol. The summed E-state index contributed by atoms with van der Waals surface area (Å²) in [6.07, 6.45) is 1.37. The quantitative estimate of drug-likeness (QED) is 0.363. The van der Waals surface area contributed by atoms with Crippen LogP contribution < -0.4 is 9.62 Å². The maximum atomic E-state index is 13.9. The van der Waals surface area contributed by atoms with Gasteiger partial charge in [-0.2, -0.15) is 0 Å². The third-order valence-corrected chi connectivity index (χ3v) is 7.96. The molecule has 0 aliphatic heterocycles. The number of hydrogen-bond acceptors (Lipinski definition) is 4. The van der Waals surface area contributed by atoms with Gasteiger partial charge >= 0.3 is 0 Å². The maximum Gasteiger partial charge on any atom is 0.244 e. The molecule has 0 heterocycles. The number of hydrogen-bond donors (Lipinski definition) is 1. The minimum Gasteiger partial charge on any atom is -0.355 e. The van der Waals surface area contributed by atoms with E-state index in [4.69, 9.17) is 0 Å². The predicted octanol–water partition coefficient (Wildman–Crippen LogP) is 4.30. The number of rotatable bonds is 11. The van der Waals surface area contributed by atoms with E-state index in [0.29, 0.717) is 18.7 Å². The summed E-state index contributed by atoms with van der Waals surface area (Å²) in [6.45, 7) is 3.80. The first-order valence-corrected chi connectivity index (χ1v) is 14.6. The summed E-state index contributed by atoms with van der Waals surface area (Å²) in [5, 5.41) is 2.85. The summed E-state index contributed by atoms with van der Waals surface area (Å²) in [6, 6.07) is 23.1. The third kappa shape index (κ3) is 7.90. The normalized spacial score (nSPS) is 12.0. The molecule has 0 aliphatic carbocycles. The molecule has 1 atom stereocenters. The van der Waals surface area contributed by atoms with Gasteiger partial charge in [0.25, 0.3) is 0 Å². The van der Waals surface area contributed by atoms with Crippen LogP contribution in [-0.4, -0.2) is 50.5 Å². The number of carbonyl (C=O) groups excluding carboxylic acids is 2. The standard InChI is InChI=1S/C28H32BrN3O4S/c1-4-30-28(34)26(18-22-11-7-5-8-12-22)31(19-23-13-9-6-10-14-23)27(33)20-32(37(3,35)36)24-15-16-25(29)21(2)17-24/h5-17,26H,4,18-20H2,1-3H3,(H,30,34). The molecule has 9 heteroatoms. The van der Waals surface area contributed by atoms with Crippen molar-refractivity contribution in [3.63, 3.8) is 0 Å². The molecule has 0 fully saturated rings. The first kappa shape index (κ1) is 28.4. The molecule has 0 saturated carbocycles. The Kier molecular flexibility index (Phi) is 9.88. The Hall–Kier alpha value is -3.17. The van der Waals surface area contributed by atoms with Crippen LogP contribution in [0.5, 0.6) is 0 Å². The molecule has 1 unspecified atom stereocenters. The second kappa shape index (κ2) is 12.9. The molecule has 0 radical (unpaired) electrons. The highest BCUT2D eigenvalue weighted by molar-refractivity contribution is 9.10. The Morgan fingerprint density at radius 3 is 2.08 bits per heavy atom. The van der Waals surface area contributed by atoms with Gasteiger partial charge in [0.15, 0.2) is 0 Å². The second-order valence-electron chi connectivity index (χ2n) is 8.81. The van der Waals surface area contributed by atoms with Crippen LogP contribution in [0.4, 0.5) is 5.69 Å². The highest BCUT2D eigenvalue weighted by Gasteiger charge is 2.32. The van der Waals surface area contributed by atoms with Crippen LogP contribution >= 0.6 is 15.9 Å². The summed E-state index contributed by atoms with van der Waals surface area (Å²) < 4.78 is 27.5. The number of amides is 2. The minimum atomic E-state index is -3.79. The summed E-state index contributed by atoms with van der Waals surface area (Å²) in [4.78, 5) is 28.7. The molecular formula is C28H32BrN3O4S. The first-order chi connectivity index (χ1) is 17.6. The zero-order valence-electron chi connectivity index (χ0n) is 21.2. The van der Waals surface area contributed by atoms with Crippen molar-refractivity contribution in [3.8, 4) is 0 Å². The van der Waals surface area contributed by atoms with Crippen molar-refractivity contribution in [2.45, 2.75) is 32.9 Å². The van der Waals surface area contributed by atoms with E-state index in [2.05, 4.69) is 21.2 Å². The Morgan fingerprint density at radius 2 is 1.54 bits per heavy atom. The van der Waals surface area contributed by atoms with Gasteiger partial charge in [0.1, 0.15) is 12.6 Å². The molecule has 2 amide bonds. The van der Waals surface area contributed by atoms with Crippen LogP contribution in [0.2, 0.25) is 0 Å². The summed E-state index contributed by atoms with van der Waals surface area (Å²) >= 11 is 3.43. The fourth-order valence-corrected chi connectivity index (χ4v) is 5.11. The first-order valence-electron chi connectivity index (χ1n) is 12.0. The topological polar surface area (TPSA) is 86.8 Å². The van der Waals surface area contributed by atoms with Crippen LogP contribution in [0.1, 0.15) is 23.6 Å². The van der Waals surface area contributed by atoms with Crippen LogP contribution in [0.15, 0.2) is 83.3 Å². The molecule has 3 rings (SSSR count). The lowest BCUT2D eigenvalue weighted by Gasteiger charge is -2.33. The van der Waals surface area contributed by atoms with Gasteiger partial charge < -0.3 is 10.2 Å². The Balaban J connectivity index is 2.03. The molecule has 196 valence electrons. The highest BCUT2D eigenvalue weighted by Crippen LogP contribution is 2.25. The average Bonchev–Trinajstić information content (AvgIpc) is 2.87. The smallest absolute Gasteiger partial charge is 0.244 e. The van der Waals surface area contributed by atoms with Crippen molar-refractivity contribution in [1.29, 1.82) is 0 Å². The molecule has 37 heavy (non-hydrogen) atoms. The Labute approximate surface area is 227 Å². The molecule has 0 aromatic heterocycles. The highest BCUT2D eigenvalue weighted by atomic mass is 79.9. The van der Waals surface area contributed by atoms with E-state index in [1.165, 1.54) is 4.90 Å². The van der Waals surface area contributed by atoms with E-state index >= 15 is 0 Å². The maximum absolute atomic E-state index is 13.9. The number of anilines is 1. The molecule has 0 spiro atoms. The van der Waals surface area contributed by atoms with E-state index in [1.54, 1.807) is 18.2 Å². The lowest BCUT2D eigenvalue weighted by Crippen LogP contribution is -2.53. The molecule has 3 aromatic rings. The predicted molar refractivity (Wildman–Crippen MR) is 151 cm³/mol. The zero-order valence-corrected chi connectivity index (χ0v) is 23.6. The Bertz CT molecular complexity index is 1320. The van der Waals surface area contributed by atoms with E-state index < -0.39 is 28.5 Å². The van der Waals surface area contributed by atoms with Gasteiger partial charge in [-0.15, -0.1) is 0 Å². The van der Waals surface area contributed by atoms with Gasteiger partial charge in [0.2, 0.25) is 21.8 Å². The van der Waals surface area contributed by atoms with E-state index in [9.17, 15) is 18.0 Å². The fraction of sp³-hybridized carbons (Fsp3) is 0.286. The molecule has 7 nitrogen and oxygen atoms in total. The largest absolute Gasteiger partial charge is 0.355 e. The van der Waals surface area contributed by atoms with Gasteiger partial charge in [0, 0.05) is 24.0 Å². The van der Waals surface area contributed by atoms with Crippen molar-refractivity contribution in [2.24, 2.45) is 0 Å².